The van der Waals surface area contributed by atoms with Gasteiger partial charge in [-0.05, 0) is 62.3 Å². The van der Waals surface area contributed by atoms with Crippen LogP contribution in [-0.2, 0) is 19.6 Å². The highest BCUT2D eigenvalue weighted by Crippen LogP contribution is 2.24. The highest BCUT2D eigenvalue weighted by atomic mass is 32.2. The van der Waals surface area contributed by atoms with Crippen molar-refractivity contribution in [1.29, 1.82) is 0 Å². The van der Waals surface area contributed by atoms with Crippen molar-refractivity contribution >= 4 is 21.8 Å². The summed E-state index contributed by atoms with van der Waals surface area (Å²) in [7, 11) is -3.55. The molecule has 0 unspecified atom stereocenters. The summed E-state index contributed by atoms with van der Waals surface area (Å²) in [5.74, 6) is -0.274. The van der Waals surface area contributed by atoms with Gasteiger partial charge in [0.1, 0.15) is 0 Å². The van der Waals surface area contributed by atoms with Gasteiger partial charge in [-0.15, -0.1) is 0 Å². The van der Waals surface area contributed by atoms with Gasteiger partial charge in [0.25, 0.3) is 0 Å². The van der Waals surface area contributed by atoms with Gasteiger partial charge in [0.05, 0.1) is 10.5 Å². The van der Waals surface area contributed by atoms with Crippen LogP contribution in [0.5, 0.6) is 0 Å². The van der Waals surface area contributed by atoms with Crippen molar-refractivity contribution in [2.24, 2.45) is 5.92 Å². The van der Waals surface area contributed by atoms with Gasteiger partial charge < -0.3 is 4.74 Å². The number of hydrogen-bond acceptors (Lipinski definition) is 5. The summed E-state index contributed by atoms with van der Waals surface area (Å²) in [5.41, 5.74) is 0.259. The number of carbonyl (C=O) groups excluding carboxylic acids is 2. The Kier molecular flexibility index (Phi) is 5.77. The van der Waals surface area contributed by atoms with Crippen LogP contribution in [-0.4, -0.2) is 43.7 Å². The third-order valence-electron chi connectivity index (χ3n) is 5.10. The predicted octanol–water partition coefficient (Wildman–Crippen LogP) is 2.78. The average molecular weight is 379 g/mol. The van der Waals surface area contributed by atoms with Crippen molar-refractivity contribution in [1.82, 2.24) is 4.31 Å². The van der Waals surface area contributed by atoms with E-state index < -0.39 is 22.1 Å². The zero-order valence-corrected chi connectivity index (χ0v) is 15.8. The number of hydrogen-bond donors (Lipinski definition) is 0. The number of Topliss-reactive ketones (excluding diaryl/α,β-unsaturated/α-hetero) is 1. The van der Waals surface area contributed by atoms with E-state index in [9.17, 15) is 18.0 Å². The molecule has 0 radical (unpaired) electrons. The number of ether oxygens (including phenoxy) is 1. The fourth-order valence-corrected chi connectivity index (χ4v) is 5.15. The van der Waals surface area contributed by atoms with Crippen molar-refractivity contribution in [3.63, 3.8) is 0 Å². The Bertz CT molecular complexity index is 772. The Morgan fingerprint density at radius 1 is 1.12 bits per heavy atom. The zero-order valence-electron chi connectivity index (χ0n) is 15.0. The molecule has 6 nitrogen and oxygen atoms in total. The minimum atomic E-state index is -3.55. The standard InChI is InChI=1S/C19H25NO5S/c1-14-5-4-12-20(13-14)26(23,24)16-10-8-15(9-11-16)19(22)25-18-7-3-2-6-17(18)21/h8-11,14,18H,2-7,12-13H2,1H3/t14-,18-/m1/s1. The molecule has 0 aromatic heterocycles. The fraction of sp³-hybridized carbons (Fsp3) is 0.579. The highest BCUT2D eigenvalue weighted by Gasteiger charge is 2.29. The molecule has 1 aliphatic carbocycles. The van der Waals surface area contributed by atoms with E-state index in [1.807, 2.05) is 6.92 Å². The molecular formula is C19H25NO5S. The topological polar surface area (TPSA) is 80.8 Å². The van der Waals surface area contributed by atoms with E-state index in [0.717, 1.165) is 25.7 Å². The van der Waals surface area contributed by atoms with E-state index in [2.05, 4.69) is 0 Å². The smallest absolute Gasteiger partial charge is 0.338 e. The average Bonchev–Trinajstić information content (AvgIpc) is 2.63. The number of esters is 1. The monoisotopic (exact) mass is 379 g/mol. The van der Waals surface area contributed by atoms with Gasteiger partial charge in [-0.3, -0.25) is 4.79 Å². The first kappa shape index (κ1) is 19.0. The second-order valence-corrected chi connectivity index (χ2v) is 9.18. The number of carbonyl (C=O) groups is 2. The Hall–Kier alpha value is -1.73. The number of nitrogens with zero attached hydrogens (tertiary/aromatic N) is 1. The van der Waals surface area contributed by atoms with Gasteiger partial charge in [0.2, 0.25) is 10.0 Å². The van der Waals surface area contributed by atoms with Crippen LogP contribution in [0.3, 0.4) is 0 Å². The van der Waals surface area contributed by atoms with Gasteiger partial charge in [-0.25, -0.2) is 13.2 Å². The maximum atomic E-state index is 12.7. The lowest BCUT2D eigenvalue weighted by Gasteiger charge is -2.30. The molecule has 1 aromatic carbocycles. The molecule has 3 rings (SSSR count). The summed E-state index contributed by atoms with van der Waals surface area (Å²) in [6.45, 7) is 3.10. The Morgan fingerprint density at radius 3 is 2.50 bits per heavy atom. The van der Waals surface area contributed by atoms with Gasteiger partial charge in [0.15, 0.2) is 11.9 Å². The molecule has 0 N–H and O–H groups in total. The molecule has 0 bridgehead atoms. The molecule has 142 valence electrons. The van der Waals surface area contributed by atoms with Crippen molar-refractivity contribution in [2.75, 3.05) is 13.1 Å². The van der Waals surface area contributed by atoms with Crippen LogP contribution in [0.2, 0.25) is 0 Å². The van der Waals surface area contributed by atoms with Crippen LogP contribution >= 0.6 is 0 Å². The highest BCUT2D eigenvalue weighted by molar-refractivity contribution is 7.89. The molecule has 1 heterocycles. The molecule has 7 heteroatoms. The Labute approximate surface area is 154 Å². The molecule has 26 heavy (non-hydrogen) atoms. The molecule has 1 saturated heterocycles. The number of benzene rings is 1. The third kappa shape index (κ3) is 4.15. The largest absolute Gasteiger partial charge is 0.451 e. The Balaban J connectivity index is 1.69. The number of rotatable bonds is 4. The normalized spacial score (nSPS) is 25.0. The summed E-state index contributed by atoms with van der Waals surface area (Å²) >= 11 is 0. The quantitative estimate of drug-likeness (QED) is 0.752. The lowest BCUT2D eigenvalue weighted by atomic mass is 9.96. The second-order valence-electron chi connectivity index (χ2n) is 7.24. The van der Waals surface area contributed by atoms with Gasteiger partial charge in [-0.2, -0.15) is 4.31 Å². The lowest BCUT2D eigenvalue weighted by molar-refractivity contribution is -0.129. The van der Waals surface area contributed by atoms with Crippen LogP contribution in [0.4, 0.5) is 0 Å². The van der Waals surface area contributed by atoms with Crippen molar-refractivity contribution < 1.29 is 22.7 Å². The van der Waals surface area contributed by atoms with E-state index in [1.165, 1.54) is 28.6 Å². The molecular weight excluding hydrogens is 354 g/mol. The van der Waals surface area contributed by atoms with Gasteiger partial charge in [0, 0.05) is 19.5 Å². The van der Waals surface area contributed by atoms with E-state index in [1.54, 1.807) is 0 Å². The fourth-order valence-electron chi connectivity index (χ4n) is 3.55. The van der Waals surface area contributed by atoms with Gasteiger partial charge in [-0.1, -0.05) is 6.92 Å². The first-order valence-electron chi connectivity index (χ1n) is 9.22. The molecule has 2 fully saturated rings. The predicted molar refractivity (Wildman–Crippen MR) is 96.3 cm³/mol. The molecule has 1 saturated carbocycles. The van der Waals surface area contributed by atoms with Crippen molar-refractivity contribution in [3.05, 3.63) is 29.8 Å². The molecule has 1 aliphatic heterocycles. The van der Waals surface area contributed by atoms with Crippen LogP contribution in [0.1, 0.15) is 55.8 Å². The van der Waals surface area contributed by atoms with Crippen molar-refractivity contribution in [2.45, 2.75) is 56.4 Å². The summed E-state index contributed by atoms with van der Waals surface area (Å²) in [6.07, 6.45) is 3.95. The second kappa shape index (κ2) is 7.88. The first-order valence-corrected chi connectivity index (χ1v) is 10.7. The number of piperidine rings is 1. The molecule has 2 aliphatic rings. The van der Waals surface area contributed by atoms with Gasteiger partial charge >= 0.3 is 5.97 Å². The van der Waals surface area contributed by atoms with Crippen LogP contribution in [0.15, 0.2) is 29.2 Å². The van der Waals surface area contributed by atoms with Crippen molar-refractivity contribution in [3.8, 4) is 0 Å². The number of sulfonamides is 1. The maximum absolute atomic E-state index is 12.7. The first-order chi connectivity index (χ1) is 12.4. The van der Waals surface area contributed by atoms with Crippen LogP contribution < -0.4 is 0 Å². The van der Waals surface area contributed by atoms with Crippen LogP contribution in [0.25, 0.3) is 0 Å². The maximum Gasteiger partial charge on any atom is 0.338 e. The summed E-state index contributed by atoms with van der Waals surface area (Å²) < 4.78 is 32.3. The van der Waals surface area contributed by atoms with E-state index in [0.29, 0.717) is 31.8 Å². The molecule has 1 aromatic rings. The summed E-state index contributed by atoms with van der Waals surface area (Å²) in [4.78, 5) is 24.2. The summed E-state index contributed by atoms with van der Waals surface area (Å²) in [5, 5.41) is 0. The van der Waals surface area contributed by atoms with Crippen LogP contribution in [0, 0.1) is 5.92 Å². The summed E-state index contributed by atoms with van der Waals surface area (Å²) in [6, 6.07) is 5.79. The molecule has 2 atom stereocenters. The van der Waals surface area contributed by atoms with E-state index in [-0.39, 0.29) is 16.2 Å². The zero-order chi connectivity index (χ0) is 18.7. The Morgan fingerprint density at radius 2 is 1.85 bits per heavy atom. The number of ketones is 1. The van der Waals surface area contributed by atoms with E-state index >= 15 is 0 Å². The third-order valence-corrected chi connectivity index (χ3v) is 6.97. The lowest BCUT2D eigenvalue weighted by Crippen LogP contribution is -2.39. The molecule has 0 spiro atoms. The SMILES string of the molecule is C[C@@H]1CCCN(S(=O)(=O)c2ccc(C(=O)O[C@@H]3CCCCC3=O)cc2)C1. The minimum absolute atomic E-state index is 0.0389. The molecule has 0 amide bonds. The minimum Gasteiger partial charge on any atom is -0.451 e. The van der Waals surface area contributed by atoms with E-state index in [4.69, 9.17) is 4.74 Å².